The summed E-state index contributed by atoms with van der Waals surface area (Å²) in [7, 11) is 0. The lowest BCUT2D eigenvalue weighted by molar-refractivity contribution is -0.117. The standard InChI is InChI=1S/C19H20ClN5O2/c20-15-5-4-14(13-16(15)25-8-1-3-17(25)26)18(27)23-9-11-24(12-10-23)19-21-6-2-7-22-19/h2,4-7,13H,1,3,8-12H2. The Balaban J connectivity index is 1.47. The number of nitrogens with zero attached hydrogens (tertiary/aromatic N) is 5. The summed E-state index contributed by atoms with van der Waals surface area (Å²) in [5.74, 6) is 0.692. The van der Waals surface area contributed by atoms with Crippen LogP contribution in [0, 0.1) is 0 Å². The molecule has 0 radical (unpaired) electrons. The molecule has 0 atom stereocenters. The molecule has 140 valence electrons. The summed E-state index contributed by atoms with van der Waals surface area (Å²) in [6, 6.07) is 6.94. The minimum Gasteiger partial charge on any atom is -0.337 e. The molecule has 3 heterocycles. The zero-order valence-electron chi connectivity index (χ0n) is 14.8. The molecule has 2 fully saturated rings. The summed E-state index contributed by atoms with van der Waals surface area (Å²) in [5.41, 5.74) is 1.18. The second-order valence-electron chi connectivity index (χ2n) is 6.64. The Morgan fingerprint density at radius 2 is 1.78 bits per heavy atom. The Bertz CT molecular complexity index is 852. The van der Waals surface area contributed by atoms with E-state index in [4.69, 9.17) is 11.6 Å². The zero-order chi connectivity index (χ0) is 18.8. The van der Waals surface area contributed by atoms with Crippen molar-refractivity contribution in [1.82, 2.24) is 14.9 Å². The number of aromatic nitrogens is 2. The van der Waals surface area contributed by atoms with E-state index >= 15 is 0 Å². The number of carbonyl (C=O) groups excluding carboxylic acids is 2. The second kappa shape index (κ2) is 7.52. The third-order valence-corrected chi connectivity index (χ3v) is 5.28. The SMILES string of the molecule is O=C(c1ccc(Cl)c(N2CCCC2=O)c1)N1CCN(c2ncccn2)CC1. The lowest BCUT2D eigenvalue weighted by Crippen LogP contribution is -2.49. The average Bonchev–Trinajstić information content (AvgIpc) is 3.14. The molecule has 2 aliphatic heterocycles. The van der Waals surface area contributed by atoms with E-state index in [1.54, 1.807) is 41.6 Å². The third-order valence-electron chi connectivity index (χ3n) is 4.96. The first-order valence-electron chi connectivity index (χ1n) is 9.04. The highest BCUT2D eigenvalue weighted by molar-refractivity contribution is 6.34. The predicted molar refractivity (Wildman–Crippen MR) is 103 cm³/mol. The van der Waals surface area contributed by atoms with Gasteiger partial charge in [0.2, 0.25) is 11.9 Å². The Kier molecular flexibility index (Phi) is 4.94. The number of hydrogen-bond donors (Lipinski definition) is 0. The van der Waals surface area contributed by atoms with Crippen LogP contribution in [0.3, 0.4) is 0 Å². The van der Waals surface area contributed by atoms with Gasteiger partial charge in [0.15, 0.2) is 0 Å². The number of hydrogen-bond acceptors (Lipinski definition) is 5. The fraction of sp³-hybridized carbons (Fsp3) is 0.368. The lowest BCUT2D eigenvalue weighted by Gasteiger charge is -2.34. The number of anilines is 2. The highest BCUT2D eigenvalue weighted by atomic mass is 35.5. The van der Waals surface area contributed by atoms with Crippen molar-refractivity contribution in [2.45, 2.75) is 12.8 Å². The van der Waals surface area contributed by atoms with Crippen LogP contribution in [-0.2, 0) is 4.79 Å². The first-order chi connectivity index (χ1) is 13.1. The Labute approximate surface area is 162 Å². The number of carbonyl (C=O) groups is 2. The number of amides is 2. The van der Waals surface area contributed by atoms with Gasteiger partial charge < -0.3 is 14.7 Å². The molecule has 0 bridgehead atoms. The monoisotopic (exact) mass is 385 g/mol. The normalized spacial score (nSPS) is 17.5. The van der Waals surface area contributed by atoms with Crippen LogP contribution in [0.2, 0.25) is 5.02 Å². The topological polar surface area (TPSA) is 69.6 Å². The fourth-order valence-electron chi connectivity index (χ4n) is 3.50. The van der Waals surface area contributed by atoms with Crippen LogP contribution in [0.1, 0.15) is 23.2 Å². The van der Waals surface area contributed by atoms with Crippen molar-refractivity contribution in [3.05, 3.63) is 47.2 Å². The van der Waals surface area contributed by atoms with E-state index in [1.807, 2.05) is 4.90 Å². The summed E-state index contributed by atoms with van der Waals surface area (Å²) in [6.45, 7) is 3.20. The quantitative estimate of drug-likeness (QED) is 0.810. The van der Waals surface area contributed by atoms with Crippen LogP contribution < -0.4 is 9.80 Å². The minimum atomic E-state index is -0.0480. The highest BCUT2D eigenvalue weighted by Crippen LogP contribution is 2.31. The fourth-order valence-corrected chi connectivity index (χ4v) is 3.72. The van der Waals surface area contributed by atoms with Crippen LogP contribution in [0.15, 0.2) is 36.7 Å². The molecule has 2 aliphatic rings. The van der Waals surface area contributed by atoms with Crippen LogP contribution >= 0.6 is 11.6 Å². The van der Waals surface area contributed by atoms with Crippen LogP contribution in [0.25, 0.3) is 0 Å². The number of halogens is 1. The van der Waals surface area contributed by atoms with Gasteiger partial charge in [-0.2, -0.15) is 0 Å². The zero-order valence-corrected chi connectivity index (χ0v) is 15.6. The molecule has 2 aromatic rings. The Morgan fingerprint density at radius 1 is 1.04 bits per heavy atom. The molecule has 0 unspecified atom stereocenters. The molecule has 7 nitrogen and oxygen atoms in total. The van der Waals surface area contributed by atoms with Crippen molar-refractivity contribution in [2.75, 3.05) is 42.5 Å². The number of rotatable bonds is 3. The third kappa shape index (κ3) is 3.60. The van der Waals surface area contributed by atoms with E-state index in [2.05, 4.69) is 14.9 Å². The minimum absolute atomic E-state index is 0.0480. The molecule has 0 N–H and O–H groups in total. The largest absolute Gasteiger partial charge is 0.337 e. The van der Waals surface area contributed by atoms with Gasteiger partial charge in [0.05, 0.1) is 10.7 Å². The smallest absolute Gasteiger partial charge is 0.254 e. The molecule has 8 heteroatoms. The number of piperazine rings is 1. The predicted octanol–water partition coefficient (Wildman–Crippen LogP) is 2.22. The van der Waals surface area contributed by atoms with Crippen LogP contribution in [0.5, 0.6) is 0 Å². The maximum atomic E-state index is 12.9. The van der Waals surface area contributed by atoms with Crippen molar-refractivity contribution in [3.8, 4) is 0 Å². The van der Waals surface area contributed by atoms with Crippen molar-refractivity contribution in [1.29, 1.82) is 0 Å². The van der Waals surface area contributed by atoms with E-state index < -0.39 is 0 Å². The molecule has 1 aromatic carbocycles. The van der Waals surface area contributed by atoms with Crippen molar-refractivity contribution in [2.24, 2.45) is 0 Å². The molecule has 4 rings (SSSR count). The van der Waals surface area contributed by atoms with Gasteiger partial charge in [-0.25, -0.2) is 9.97 Å². The van der Waals surface area contributed by atoms with Gasteiger partial charge in [-0.05, 0) is 30.7 Å². The molecule has 2 amide bonds. The van der Waals surface area contributed by atoms with Crippen LogP contribution in [-0.4, -0.2) is 59.4 Å². The number of benzene rings is 1. The van der Waals surface area contributed by atoms with E-state index in [9.17, 15) is 9.59 Å². The van der Waals surface area contributed by atoms with Gasteiger partial charge >= 0.3 is 0 Å². The van der Waals surface area contributed by atoms with E-state index in [-0.39, 0.29) is 11.8 Å². The molecular weight excluding hydrogens is 366 g/mol. The first kappa shape index (κ1) is 17.7. The second-order valence-corrected chi connectivity index (χ2v) is 7.05. The van der Waals surface area contributed by atoms with Crippen molar-refractivity contribution in [3.63, 3.8) is 0 Å². The molecule has 2 saturated heterocycles. The van der Waals surface area contributed by atoms with E-state index in [0.717, 1.165) is 6.42 Å². The van der Waals surface area contributed by atoms with Gasteiger partial charge in [-0.3, -0.25) is 9.59 Å². The molecule has 0 saturated carbocycles. The first-order valence-corrected chi connectivity index (χ1v) is 9.42. The Hall–Kier alpha value is -2.67. The van der Waals surface area contributed by atoms with Gasteiger partial charge in [0.1, 0.15) is 0 Å². The van der Waals surface area contributed by atoms with Crippen molar-refractivity contribution >= 4 is 35.1 Å². The maximum absolute atomic E-state index is 12.9. The average molecular weight is 386 g/mol. The summed E-state index contributed by atoms with van der Waals surface area (Å²) in [4.78, 5) is 39.0. The van der Waals surface area contributed by atoms with Crippen molar-refractivity contribution < 1.29 is 9.59 Å². The maximum Gasteiger partial charge on any atom is 0.254 e. The molecule has 27 heavy (non-hydrogen) atoms. The summed E-state index contributed by atoms with van der Waals surface area (Å²) in [6.07, 6.45) is 4.78. The highest BCUT2D eigenvalue weighted by Gasteiger charge is 2.27. The van der Waals surface area contributed by atoms with Gasteiger partial charge in [-0.1, -0.05) is 11.6 Å². The van der Waals surface area contributed by atoms with E-state index in [1.165, 1.54) is 0 Å². The molecule has 0 aliphatic carbocycles. The molecule has 0 spiro atoms. The lowest BCUT2D eigenvalue weighted by atomic mass is 10.1. The van der Waals surface area contributed by atoms with Crippen LogP contribution in [0.4, 0.5) is 11.6 Å². The summed E-state index contributed by atoms with van der Waals surface area (Å²) < 4.78 is 0. The summed E-state index contributed by atoms with van der Waals surface area (Å²) in [5, 5.41) is 0.493. The molecular formula is C19H20ClN5O2. The van der Waals surface area contributed by atoms with Gasteiger partial charge in [0.25, 0.3) is 5.91 Å². The Morgan fingerprint density at radius 3 is 2.44 bits per heavy atom. The van der Waals surface area contributed by atoms with E-state index in [0.29, 0.717) is 61.4 Å². The van der Waals surface area contributed by atoms with Gasteiger partial charge in [-0.15, -0.1) is 0 Å². The molecule has 1 aromatic heterocycles. The summed E-state index contributed by atoms with van der Waals surface area (Å²) >= 11 is 6.28. The van der Waals surface area contributed by atoms with Gasteiger partial charge in [0, 0.05) is 57.1 Å².